The predicted molar refractivity (Wildman–Crippen MR) is 73.3 cm³/mol. The molecule has 2 rings (SSSR count). The number of alkyl halides is 3. The minimum Gasteiger partial charge on any atom is -0.484 e. The van der Waals surface area contributed by atoms with Gasteiger partial charge in [-0.15, -0.1) is 0 Å². The fraction of sp³-hybridized carbons (Fsp3) is 0.538. The molecule has 1 saturated heterocycles. The molecule has 0 saturated carbocycles. The first-order valence-corrected chi connectivity index (χ1v) is 8.32. The zero-order valence-electron chi connectivity index (χ0n) is 11.2. The summed E-state index contributed by atoms with van der Waals surface area (Å²) in [7, 11) is -2.90. The van der Waals surface area contributed by atoms with Crippen molar-refractivity contribution in [3.8, 4) is 5.75 Å². The first-order chi connectivity index (χ1) is 9.73. The molecule has 0 radical (unpaired) electrons. The minimum absolute atomic E-state index is 0.0652. The van der Waals surface area contributed by atoms with Gasteiger partial charge in [-0.3, -0.25) is 0 Å². The zero-order chi connectivity index (χ0) is 15.5. The van der Waals surface area contributed by atoms with Gasteiger partial charge in [-0.2, -0.15) is 13.2 Å². The molecule has 118 valence electrons. The Labute approximate surface area is 121 Å². The molecular weight excluding hydrogens is 307 g/mol. The maximum atomic E-state index is 12.0. The number of hydrogen-bond donors (Lipinski definition) is 1. The number of halogens is 3. The summed E-state index contributed by atoms with van der Waals surface area (Å²) in [6.07, 6.45) is -3.28. The molecular formula is C13H16F3NO3S. The summed E-state index contributed by atoms with van der Waals surface area (Å²) in [6, 6.07) is 6.21. The van der Waals surface area contributed by atoms with Crippen LogP contribution in [-0.2, 0) is 9.84 Å². The molecule has 0 spiro atoms. The molecule has 1 aliphatic heterocycles. The smallest absolute Gasteiger partial charge is 0.422 e. The van der Waals surface area contributed by atoms with Gasteiger partial charge in [0, 0.05) is 11.7 Å². The lowest BCUT2D eigenvalue weighted by Gasteiger charge is -2.24. The normalized spacial score (nSPS) is 19.2. The second kappa shape index (κ2) is 6.13. The highest BCUT2D eigenvalue weighted by Crippen LogP contribution is 2.22. The number of nitrogens with one attached hydrogen (secondary N) is 1. The Hall–Kier alpha value is -1.44. The van der Waals surface area contributed by atoms with Crippen molar-refractivity contribution in [2.45, 2.75) is 25.1 Å². The number of hydrogen-bond acceptors (Lipinski definition) is 4. The lowest BCUT2D eigenvalue weighted by molar-refractivity contribution is -0.153. The second-order valence-corrected chi connectivity index (χ2v) is 7.30. The monoisotopic (exact) mass is 323 g/mol. The van der Waals surface area contributed by atoms with E-state index in [1.165, 1.54) is 12.1 Å². The van der Waals surface area contributed by atoms with Crippen molar-refractivity contribution in [3.63, 3.8) is 0 Å². The van der Waals surface area contributed by atoms with Gasteiger partial charge < -0.3 is 10.1 Å². The van der Waals surface area contributed by atoms with E-state index in [0.717, 1.165) is 5.69 Å². The molecule has 1 heterocycles. The number of ether oxygens (including phenoxy) is 1. The Morgan fingerprint density at radius 3 is 2.24 bits per heavy atom. The highest BCUT2D eigenvalue weighted by Gasteiger charge is 2.28. The molecule has 8 heteroatoms. The van der Waals surface area contributed by atoms with Gasteiger partial charge in [0.1, 0.15) is 15.6 Å². The Kier molecular flexibility index (Phi) is 4.65. The first kappa shape index (κ1) is 15.9. The summed E-state index contributed by atoms with van der Waals surface area (Å²) in [5.74, 6) is 0.471. The van der Waals surface area contributed by atoms with E-state index in [9.17, 15) is 21.6 Å². The van der Waals surface area contributed by atoms with E-state index in [-0.39, 0.29) is 23.3 Å². The van der Waals surface area contributed by atoms with Crippen LogP contribution in [0.1, 0.15) is 12.8 Å². The molecule has 1 aromatic carbocycles. The molecule has 0 amide bonds. The third kappa shape index (κ3) is 5.45. The van der Waals surface area contributed by atoms with Crippen LogP contribution in [0.15, 0.2) is 24.3 Å². The van der Waals surface area contributed by atoms with Crippen molar-refractivity contribution in [1.29, 1.82) is 0 Å². The number of sulfone groups is 1. The van der Waals surface area contributed by atoms with Gasteiger partial charge in [-0.25, -0.2) is 8.42 Å². The Morgan fingerprint density at radius 2 is 1.71 bits per heavy atom. The van der Waals surface area contributed by atoms with Crippen molar-refractivity contribution < 1.29 is 26.3 Å². The summed E-state index contributed by atoms with van der Waals surface area (Å²) in [5, 5.41) is 3.18. The Morgan fingerprint density at radius 1 is 1.14 bits per heavy atom. The van der Waals surface area contributed by atoms with Gasteiger partial charge in [0.2, 0.25) is 0 Å². The quantitative estimate of drug-likeness (QED) is 0.925. The van der Waals surface area contributed by atoms with Gasteiger partial charge in [-0.1, -0.05) is 0 Å². The van der Waals surface area contributed by atoms with E-state index in [4.69, 9.17) is 0 Å². The number of rotatable bonds is 4. The third-order valence-electron chi connectivity index (χ3n) is 3.18. The van der Waals surface area contributed by atoms with Gasteiger partial charge in [0.15, 0.2) is 6.61 Å². The van der Waals surface area contributed by atoms with Crippen LogP contribution in [0.5, 0.6) is 5.75 Å². The molecule has 0 unspecified atom stereocenters. The molecule has 1 N–H and O–H groups in total. The summed E-state index contributed by atoms with van der Waals surface area (Å²) >= 11 is 0. The van der Waals surface area contributed by atoms with Gasteiger partial charge in [0.25, 0.3) is 0 Å². The molecule has 1 aromatic rings. The van der Waals surface area contributed by atoms with E-state index in [1.54, 1.807) is 12.1 Å². The number of anilines is 1. The molecule has 0 bridgehead atoms. The summed E-state index contributed by atoms with van der Waals surface area (Å²) in [6.45, 7) is -1.32. The maximum Gasteiger partial charge on any atom is 0.422 e. The van der Waals surface area contributed by atoms with Crippen LogP contribution in [-0.4, -0.2) is 38.7 Å². The van der Waals surface area contributed by atoms with Crippen molar-refractivity contribution in [1.82, 2.24) is 0 Å². The highest BCUT2D eigenvalue weighted by molar-refractivity contribution is 7.91. The third-order valence-corrected chi connectivity index (χ3v) is 4.90. The van der Waals surface area contributed by atoms with Gasteiger partial charge in [0.05, 0.1) is 11.5 Å². The lowest BCUT2D eigenvalue weighted by Crippen LogP contribution is -2.32. The molecule has 4 nitrogen and oxygen atoms in total. The van der Waals surface area contributed by atoms with Crippen molar-refractivity contribution >= 4 is 15.5 Å². The maximum absolute atomic E-state index is 12.0. The molecule has 0 aromatic heterocycles. The fourth-order valence-electron chi connectivity index (χ4n) is 2.08. The average molecular weight is 323 g/mol. The Balaban J connectivity index is 1.85. The average Bonchev–Trinajstić information content (AvgIpc) is 2.40. The fourth-order valence-corrected chi connectivity index (χ4v) is 3.57. The van der Waals surface area contributed by atoms with E-state index in [0.29, 0.717) is 12.8 Å². The molecule has 1 aliphatic rings. The van der Waals surface area contributed by atoms with Crippen LogP contribution in [0.3, 0.4) is 0 Å². The van der Waals surface area contributed by atoms with Crippen LogP contribution < -0.4 is 10.1 Å². The van der Waals surface area contributed by atoms with Crippen molar-refractivity contribution in [2.24, 2.45) is 0 Å². The Bertz CT molecular complexity index is 555. The molecule has 0 atom stereocenters. The van der Waals surface area contributed by atoms with Gasteiger partial charge >= 0.3 is 6.18 Å². The van der Waals surface area contributed by atoms with Crippen molar-refractivity contribution in [3.05, 3.63) is 24.3 Å². The summed E-state index contributed by atoms with van der Waals surface area (Å²) < 4.78 is 63.2. The van der Waals surface area contributed by atoms with Crippen LogP contribution in [0.25, 0.3) is 0 Å². The van der Waals surface area contributed by atoms with Crippen LogP contribution in [0.4, 0.5) is 18.9 Å². The standard InChI is InChI=1S/C13H16F3NO3S/c14-13(15,16)9-20-12-3-1-10(2-4-12)17-11-5-7-21(18,19)8-6-11/h1-4,11,17H,5-9H2. The van der Waals surface area contributed by atoms with Crippen LogP contribution >= 0.6 is 0 Å². The van der Waals surface area contributed by atoms with E-state index in [2.05, 4.69) is 10.1 Å². The van der Waals surface area contributed by atoms with Crippen LogP contribution in [0.2, 0.25) is 0 Å². The zero-order valence-corrected chi connectivity index (χ0v) is 12.0. The molecule has 1 fully saturated rings. The predicted octanol–water partition coefficient (Wildman–Crippen LogP) is 2.62. The first-order valence-electron chi connectivity index (χ1n) is 6.50. The molecule has 0 aliphatic carbocycles. The van der Waals surface area contributed by atoms with E-state index in [1.807, 2.05) is 0 Å². The molecule has 21 heavy (non-hydrogen) atoms. The summed E-state index contributed by atoms with van der Waals surface area (Å²) in [5.41, 5.74) is 0.735. The highest BCUT2D eigenvalue weighted by atomic mass is 32.2. The van der Waals surface area contributed by atoms with Crippen LogP contribution in [0, 0.1) is 0 Å². The van der Waals surface area contributed by atoms with E-state index >= 15 is 0 Å². The van der Waals surface area contributed by atoms with Gasteiger partial charge in [-0.05, 0) is 37.1 Å². The number of benzene rings is 1. The minimum atomic E-state index is -4.36. The largest absolute Gasteiger partial charge is 0.484 e. The van der Waals surface area contributed by atoms with Crippen molar-refractivity contribution in [2.75, 3.05) is 23.4 Å². The second-order valence-electron chi connectivity index (χ2n) is 5.00. The van der Waals surface area contributed by atoms with E-state index < -0.39 is 22.6 Å². The lowest BCUT2D eigenvalue weighted by atomic mass is 10.1. The summed E-state index contributed by atoms with van der Waals surface area (Å²) in [4.78, 5) is 0. The topological polar surface area (TPSA) is 55.4 Å². The SMILES string of the molecule is O=S1(=O)CCC(Nc2ccc(OCC(F)(F)F)cc2)CC1.